The van der Waals surface area contributed by atoms with Crippen molar-refractivity contribution in [1.29, 1.82) is 0 Å². The largest absolute Gasteiger partial charge is 0.330 e. The molecular weight excluding hydrogens is 427 g/mol. The van der Waals surface area contributed by atoms with Crippen molar-refractivity contribution in [2.24, 2.45) is 0 Å². The first kappa shape index (κ1) is 22.3. The second-order valence-corrected chi connectivity index (χ2v) is 7.88. The van der Waals surface area contributed by atoms with Crippen LogP contribution in [0.15, 0.2) is 77.9 Å². The molecule has 0 aliphatic carbocycles. The lowest BCUT2D eigenvalue weighted by atomic mass is 9.93. The van der Waals surface area contributed by atoms with E-state index in [0.29, 0.717) is 27.8 Å². The van der Waals surface area contributed by atoms with Crippen molar-refractivity contribution in [2.75, 3.05) is 13.1 Å². The van der Waals surface area contributed by atoms with Gasteiger partial charge >= 0.3 is 0 Å². The average molecular weight is 447 g/mol. The summed E-state index contributed by atoms with van der Waals surface area (Å²) in [5, 5.41) is 0. The van der Waals surface area contributed by atoms with Crippen molar-refractivity contribution in [3.05, 3.63) is 118 Å². The molecule has 0 aromatic heterocycles. The lowest BCUT2D eigenvalue weighted by Gasteiger charge is -2.30. The summed E-state index contributed by atoms with van der Waals surface area (Å²) in [6.07, 6.45) is 3.08. The van der Waals surface area contributed by atoms with Crippen LogP contribution in [0.4, 0.5) is 13.2 Å². The summed E-state index contributed by atoms with van der Waals surface area (Å²) in [6, 6.07) is 16.5. The maximum absolute atomic E-state index is 13.7. The second kappa shape index (κ2) is 9.28. The number of ketones is 1. The van der Waals surface area contributed by atoms with Crippen LogP contribution in [0.5, 0.6) is 0 Å². The first-order valence-corrected chi connectivity index (χ1v) is 10.3. The van der Waals surface area contributed by atoms with Crippen LogP contribution in [0.25, 0.3) is 12.2 Å². The number of nitrogens with zero attached hydrogens (tertiary/aromatic N) is 1. The van der Waals surface area contributed by atoms with Gasteiger partial charge in [-0.2, -0.15) is 0 Å². The third-order valence-corrected chi connectivity index (χ3v) is 5.42. The summed E-state index contributed by atoms with van der Waals surface area (Å²) in [5.41, 5.74) is 2.44. The zero-order chi connectivity index (χ0) is 23.5. The molecule has 1 fully saturated rings. The van der Waals surface area contributed by atoms with Crippen molar-refractivity contribution in [2.45, 2.75) is 6.92 Å². The molecule has 0 atom stereocenters. The minimum absolute atomic E-state index is 0.0192. The maximum atomic E-state index is 13.7. The monoisotopic (exact) mass is 447 g/mol. The van der Waals surface area contributed by atoms with Crippen LogP contribution in [0.1, 0.15) is 27.0 Å². The van der Waals surface area contributed by atoms with Crippen LogP contribution in [0.2, 0.25) is 0 Å². The number of benzene rings is 3. The number of Topliss-reactive ketones (excluding diaryl/α,β-unsaturated/α-hetero) is 1. The normalized spacial score (nSPS) is 16.5. The van der Waals surface area contributed by atoms with Gasteiger partial charge in [0.1, 0.15) is 5.82 Å². The Kier molecular flexibility index (Phi) is 6.27. The number of piperidine rings is 1. The topological polar surface area (TPSA) is 37.4 Å². The number of amides is 1. The van der Waals surface area contributed by atoms with Gasteiger partial charge in [-0.15, -0.1) is 0 Å². The smallest absolute Gasteiger partial charge is 0.254 e. The van der Waals surface area contributed by atoms with Crippen LogP contribution in [-0.2, 0) is 4.79 Å². The lowest BCUT2D eigenvalue weighted by Crippen LogP contribution is -2.41. The third-order valence-electron chi connectivity index (χ3n) is 5.42. The Morgan fingerprint density at radius 2 is 1.36 bits per heavy atom. The standard InChI is InChI=1S/C27H20F3NO2/c1-17-11-18(7-9-23(17)28)12-21-15-31(27(33)20-5-3-2-4-6-20)16-22(26(21)32)13-19-8-10-24(29)25(30)14-19/h2-14H,15-16H2,1H3/b21-12+,22-13+. The van der Waals surface area contributed by atoms with E-state index in [9.17, 15) is 22.8 Å². The molecule has 1 aliphatic heterocycles. The molecular formula is C27H20F3NO2. The summed E-state index contributed by atoms with van der Waals surface area (Å²) >= 11 is 0. The van der Waals surface area contributed by atoms with Crippen LogP contribution < -0.4 is 0 Å². The minimum atomic E-state index is -1.03. The van der Waals surface area contributed by atoms with Gasteiger partial charge in [0.25, 0.3) is 5.91 Å². The summed E-state index contributed by atoms with van der Waals surface area (Å²) in [7, 11) is 0. The van der Waals surface area contributed by atoms with Gasteiger partial charge in [0, 0.05) is 16.7 Å². The zero-order valence-corrected chi connectivity index (χ0v) is 17.8. The van der Waals surface area contributed by atoms with Gasteiger partial charge in [-0.05, 0) is 72.2 Å². The van der Waals surface area contributed by atoms with E-state index in [4.69, 9.17) is 0 Å². The van der Waals surface area contributed by atoms with Crippen LogP contribution in [0, 0.1) is 24.4 Å². The average Bonchev–Trinajstić information content (AvgIpc) is 2.81. The van der Waals surface area contributed by atoms with E-state index in [2.05, 4.69) is 0 Å². The number of carbonyl (C=O) groups is 2. The third kappa shape index (κ3) is 4.95. The van der Waals surface area contributed by atoms with Crippen molar-refractivity contribution >= 4 is 23.8 Å². The first-order chi connectivity index (χ1) is 15.8. The molecule has 166 valence electrons. The molecule has 33 heavy (non-hydrogen) atoms. The molecule has 0 saturated carbocycles. The van der Waals surface area contributed by atoms with Gasteiger partial charge in [0.15, 0.2) is 17.4 Å². The molecule has 4 rings (SSSR count). The van der Waals surface area contributed by atoms with Gasteiger partial charge < -0.3 is 4.90 Å². The highest BCUT2D eigenvalue weighted by molar-refractivity contribution is 6.15. The van der Waals surface area contributed by atoms with Gasteiger partial charge in [-0.1, -0.05) is 30.3 Å². The van der Waals surface area contributed by atoms with Gasteiger partial charge in [-0.25, -0.2) is 13.2 Å². The minimum Gasteiger partial charge on any atom is -0.330 e. The maximum Gasteiger partial charge on any atom is 0.254 e. The predicted octanol–water partition coefficient (Wildman–Crippen LogP) is 5.60. The summed E-state index contributed by atoms with van der Waals surface area (Å²) in [4.78, 5) is 27.8. The number of likely N-dealkylation sites (tertiary alicyclic amines) is 1. The summed E-state index contributed by atoms with van der Waals surface area (Å²) < 4.78 is 40.7. The molecule has 0 bridgehead atoms. The SMILES string of the molecule is Cc1cc(/C=C2\CN(C(=O)c3ccccc3)C/C(=C\c3ccc(F)c(F)c3)C2=O)ccc1F. The van der Waals surface area contributed by atoms with Crippen LogP contribution >= 0.6 is 0 Å². The highest BCUT2D eigenvalue weighted by Gasteiger charge is 2.29. The molecule has 1 amide bonds. The molecule has 0 unspecified atom stereocenters. The fraction of sp³-hybridized carbons (Fsp3) is 0.111. The van der Waals surface area contributed by atoms with Crippen LogP contribution in [0.3, 0.4) is 0 Å². The molecule has 3 aromatic carbocycles. The van der Waals surface area contributed by atoms with E-state index in [1.54, 1.807) is 55.5 Å². The van der Waals surface area contributed by atoms with Crippen molar-refractivity contribution in [3.63, 3.8) is 0 Å². The molecule has 6 heteroatoms. The van der Waals surface area contributed by atoms with Crippen molar-refractivity contribution < 1.29 is 22.8 Å². The number of hydrogen-bond donors (Lipinski definition) is 0. The molecule has 1 saturated heterocycles. The fourth-order valence-electron chi connectivity index (χ4n) is 3.71. The molecule has 0 N–H and O–H groups in total. The van der Waals surface area contributed by atoms with E-state index >= 15 is 0 Å². The number of hydrogen-bond acceptors (Lipinski definition) is 2. The molecule has 0 radical (unpaired) electrons. The van der Waals surface area contributed by atoms with Crippen LogP contribution in [-0.4, -0.2) is 29.7 Å². The Labute approximate surface area is 189 Å². The van der Waals surface area contributed by atoms with E-state index in [1.807, 2.05) is 0 Å². The second-order valence-electron chi connectivity index (χ2n) is 7.88. The number of carbonyl (C=O) groups excluding carboxylic acids is 2. The van der Waals surface area contributed by atoms with Crippen molar-refractivity contribution in [1.82, 2.24) is 4.90 Å². The highest BCUT2D eigenvalue weighted by Crippen LogP contribution is 2.24. The quantitative estimate of drug-likeness (QED) is 0.490. The molecule has 3 nitrogen and oxygen atoms in total. The van der Waals surface area contributed by atoms with E-state index in [1.165, 1.54) is 23.1 Å². The Balaban J connectivity index is 1.75. The number of rotatable bonds is 3. The zero-order valence-electron chi connectivity index (χ0n) is 17.8. The van der Waals surface area contributed by atoms with Gasteiger partial charge in [0.2, 0.25) is 0 Å². The number of aryl methyl sites for hydroxylation is 1. The Morgan fingerprint density at radius 3 is 1.94 bits per heavy atom. The molecule has 1 heterocycles. The lowest BCUT2D eigenvalue weighted by molar-refractivity contribution is -0.113. The molecule has 3 aromatic rings. The molecule has 1 aliphatic rings. The Bertz CT molecular complexity index is 1220. The van der Waals surface area contributed by atoms with E-state index in [0.717, 1.165) is 12.1 Å². The Morgan fingerprint density at radius 1 is 0.788 bits per heavy atom. The van der Waals surface area contributed by atoms with E-state index in [-0.39, 0.29) is 36.2 Å². The highest BCUT2D eigenvalue weighted by atomic mass is 19.2. The fourth-order valence-corrected chi connectivity index (χ4v) is 3.71. The summed E-state index contributed by atoms with van der Waals surface area (Å²) in [5.74, 6) is -2.94. The van der Waals surface area contributed by atoms with Gasteiger partial charge in [0.05, 0.1) is 13.1 Å². The number of halogens is 3. The molecule has 0 spiro atoms. The van der Waals surface area contributed by atoms with E-state index < -0.39 is 11.6 Å². The first-order valence-electron chi connectivity index (χ1n) is 10.3. The van der Waals surface area contributed by atoms with Gasteiger partial charge in [-0.3, -0.25) is 9.59 Å². The predicted molar refractivity (Wildman–Crippen MR) is 121 cm³/mol. The van der Waals surface area contributed by atoms with Crippen molar-refractivity contribution in [3.8, 4) is 0 Å². The Hall–Kier alpha value is -3.93. The summed E-state index contributed by atoms with van der Waals surface area (Å²) in [6.45, 7) is 1.71.